The van der Waals surface area contributed by atoms with Gasteiger partial charge in [0.2, 0.25) is 0 Å². The Morgan fingerprint density at radius 3 is 2.31 bits per heavy atom. The first kappa shape index (κ1) is 23.1. The van der Waals surface area contributed by atoms with Gasteiger partial charge in [-0.2, -0.15) is 0 Å². The first-order chi connectivity index (χ1) is 15.6. The van der Waals surface area contributed by atoms with Crippen molar-refractivity contribution < 1.29 is 9.13 Å². The SMILES string of the molecule is CC=CC1CCC(C2CC=C(c3ccc(-c4ccc(OCC)c(F)c4Cl)cc3)CC2)CC1. The molecule has 1 saturated carbocycles. The summed E-state index contributed by atoms with van der Waals surface area (Å²) in [4.78, 5) is 0. The lowest BCUT2D eigenvalue weighted by atomic mass is 9.71. The Morgan fingerprint density at radius 1 is 0.969 bits per heavy atom. The lowest BCUT2D eigenvalue weighted by Gasteiger charge is -2.34. The van der Waals surface area contributed by atoms with Crippen LogP contribution in [0.25, 0.3) is 16.7 Å². The van der Waals surface area contributed by atoms with Gasteiger partial charge >= 0.3 is 0 Å². The third-order valence-corrected chi connectivity index (χ3v) is 7.68. The van der Waals surface area contributed by atoms with Crippen molar-refractivity contribution in [2.75, 3.05) is 6.61 Å². The summed E-state index contributed by atoms with van der Waals surface area (Å²) in [6.45, 7) is 4.38. The van der Waals surface area contributed by atoms with E-state index < -0.39 is 5.82 Å². The molecule has 0 aliphatic heterocycles. The summed E-state index contributed by atoms with van der Waals surface area (Å²) in [5.41, 5.74) is 4.34. The predicted molar refractivity (Wildman–Crippen MR) is 134 cm³/mol. The fraction of sp³-hybridized carbons (Fsp3) is 0.448. The molecule has 0 saturated heterocycles. The maximum atomic E-state index is 14.5. The largest absolute Gasteiger partial charge is 0.491 e. The predicted octanol–water partition coefficient (Wildman–Crippen LogP) is 9.11. The summed E-state index contributed by atoms with van der Waals surface area (Å²) in [5.74, 6) is 2.26. The standard InChI is InChI=1S/C29H34ClFO/c1-3-5-20-6-8-21(9-7-20)22-10-12-23(13-11-22)24-14-16-25(17-15-24)26-18-19-27(32-4-2)29(31)28(26)30/h3,5,12,14-22H,4,6-11,13H2,1-2H3. The summed E-state index contributed by atoms with van der Waals surface area (Å²) in [6, 6.07) is 11.9. The molecule has 4 rings (SSSR count). The molecule has 0 amide bonds. The zero-order valence-corrected chi connectivity index (χ0v) is 20.0. The quantitative estimate of drug-likeness (QED) is 0.397. The molecule has 2 aliphatic rings. The number of ether oxygens (including phenoxy) is 1. The fourth-order valence-corrected chi connectivity index (χ4v) is 5.78. The molecule has 2 aromatic rings. The van der Waals surface area contributed by atoms with Crippen molar-refractivity contribution in [2.45, 2.75) is 58.8 Å². The Kier molecular flexibility index (Phi) is 7.73. The average molecular weight is 453 g/mol. The first-order valence-corrected chi connectivity index (χ1v) is 12.5. The van der Waals surface area contributed by atoms with Crippen molar-refractivity contribution in [3.63, 3.8) is 0 Å². The number of hydrogen-bond donors (Lipinski definition) is 0. The van der Waals surface area contributed by atoms with Gasteiger partial charge in [-0.3, -0.25) is 0 Å². The summed E-state index contributed by atoms with van der Waals surface area (Å²) >= 11 is 6.30. The molecule has 1 atom stereocenters. The van der Waals surface area contributed by atoms with Crippen molar-refractivity contribution in [1.82, 2.24) is 0 Å². The van der Waals surface area contributed by atoms with Gasteiger partial charge in [-0.25, -0.2) is 4.39 Å². The molecule has 0 radical (unpaired) electrons. The van der Waals surface area contributed by atoms with E-state index in [4.69, 9.17) is 16.3 Å². The smallest absolute Gasteiger partial charge is 0.184 e. The van der Waals surface area contributed by atoms with E-state index in [0.717, 1.165) is 29.7 Å². The van der Waals surface area contributed by atoms with Gasteiger partial charge < -0.3 is 4.74 Å². The van der Waals surface area contributed by atoms with Crippen LogP contribution in [0, 0.1) is 23.6 Å². The third-order valence-electron chi connectivity index (χ3n) is 7.31. The van der Waals surface area contributed by atoms with E-state index in [9.17, 15) is 4.39 Å². The Bertz CT molecular complexity index is 967. The second-order valence-corrected chi connectivity index (χ2v) is 9.59. The highest BCUT2D eigenvalue weighted by atomic mass is 35.5. The number of rotatable bonds is 6. The molecule has 1 nitrogen and oxygen atoms in total. The van der Waals surface area contributed by atoms with Crippen molar-refractivity contribution in [3.8, 4) is 16.9 Å². The van der Waals surface area contributed by atoms with Crippen LogP contribution < -0.4 is 4.74 Å². The van der Waals surface area contributed by atoms with Crippen LogP contribution in [0.15, 0.2) is 54.6 Å². The molecule has 2 aliphatic carbocycles. The molecular formula is C29H34ClFO. The second kappa shape index (κ2) is 10.7. The molecule has 0 bridgehead atoms. The van der Waals surface area contributed by atoms with E-state index in [1.54, 1.807) is 6.07 Å². The van der Waals surface area contributed by atoms with Crippen LogP contribution in [0.4, 0.5) is 4.39 Å². The van der Waals surface area contributed by atoms with Crippen molar-refractivity contribution >= 4 is 17.2 Å². The van der Waals surface area contributed by atoms with E-state index in [-0.39, 0.29) is 10.8 Å². The van der Waals surface area contributed by atoms with Crippen LogP contribution in [-0.4, -0.2) is 6.61 Å². The fourth-order valence-electron chi connectivity index (χ4n) is 5.51. The maximum absolute atomic E-state index is 14.5. The number of halogens is 2. The van der Waals surface area contributed by atoms with Crippen LogP contribution in [0.5, 0.6) is 5.75 Å². The zero-order valence-electron chi connectivity index (χ0n) is 19.2. The molecule has 0 N–H and O–H groups in total. The Balaban J connectivity index is 1.40. The van der Waals surface area contributed by atoms with E-state index in [1.165, 1.54) is 49.7 Å². The number of hydrogen-bond acceptors (Lipinski definition) is 1. The van der Waals surface area contributed by atoms with Gasteiger partial charge in [-0.05, 0) is 105 Å². The highest BCUT2D eigenvalue weighted by molar-refractivity contribution is 6.33. The number of allylic oxidation sites excluding steroid dienone is 4. The normalized spacial score (nSPS) is 23.9. The molecule has 1 fully saturated rings. The van der Waals surface area contributed by atoms with E-state index >= 15 is 0 Å². The Labute approximate surface area is 197 Å². The molecule has 0 heterocycles. The topological polar surface area (TPSA) is 9.23 Å². The Morgan fingerprint density at radius 2 is 1.69 bits per heavy atom. The van der Waals surface area contributed by atoms with Gasteiger partial charge in [-0.1, -0.05) is 54.1 Å². The molecular weight excluding hydrogens is 419 g/mol. The first-order valence-electron chi connectivity index (χ1n) is 12.1. The van der Waals surface area contributed by atoms with Gasteiger partial charge in [0.1, 0.15) is 0 Å². The van der Waals surface area contributed by atoms with E-state index in [2.05, 4.69) is 37.3 Å². The maximum Gasteiger partial charge on any atom is 0.184 e. The minimum Gasteiger partial charge on any atom is -0.491 e. The van der Waals surface area contributed by atoms with Crippen molar-refractivity contribution in [3.05, 3.63) is 71.0 Å². The molecule has 2 aromatic carbocycles. The molecule has 170 valence electrons. The Hall–Kier alpha value is -2.06. The summed E-state index contributed by atoms with van der Waals surface area (Å²) in [5, 5.41) is 0.118. The summed E-state index contributed by atoms with van der Waals surface area (Å²) in [6.07, 6.45) is 16.2. The van der Waals surface area contributed by atoms with Crippen molar-refractivity contribution in [2.24, 2.45) is 17.8 Å². The van der Waals surface area contributed by atoms with E-state index in [0.29, 0.717) is 12.2 Å². The van der Waals surface area contributed by atoms with Gasteiger partial charge in [-0.15, -0.1) is 0 Å². The van der Waals surface area contributed by atoms with Gasteiger partial charge in [0.25, 0.3) is 0 Å². The average Bonchev–Trinajstić information content (AvgIpc) is 2.83. The molecule has 1 unspecified atom stereocenters. The van der Waals surface area contributed by atoms with Crippen LogP contribution in [0.2, 0.25) is 5.02 Å². The molecule has 3 heteroatoms. The van der Waals surface area contributed by atoms with Crippen LogP contribution in [-0.2, 0) is 0 Å². The summed E-state index contributed by atoms with van der Waals surface area (Å²) in [7, 11) is 0. The third kappa shape index (κ3) is 5.12. The lowest BCUT2D eigenvalue weighted by molar-refractivity contribution is 0.212. The minimum absolute atomic E-state index is 0.118. The highest BCUT2D eigenvalue weighted by Crippen LogP contribution is 2.42. The van der Waals surface area contributed by atoms with Crippen LogP contribution >= 0.6 is 11.6 Å². The van der Waals surface area contributed by atoms with Gasteiger partial charge in [0.15, 0.2) is 11.6 Å². The molecule has 0 aromatic heterocycles. The molecule has 32 heavy (non-hydrogen) atoms. The van der Waals surface area contributed by atoms with Gasteiger partial charge in [0, 0.05) is 5.56 Å². The van der Waals surface area contributed by atoms with Crippen molar-refractivity contribution in [1.29, 1.82) is 0 Å². The van der Waals surface area contributed by atoms with Gasteiger partial charge in [0.05, 0.1) is 11.6 Å². The van der Waals surface area contributed by atoms with Crippen LogP contribution in [0.1, 0.15) is 64.4 Å². The minimum atomic E-state index is -0.490. The number of benzene rings is 2. The summed E-state index contributed by atoms with van der Waals surface area (Å²) < 4.78 is 19.8. The lowest BCUT2D eigenvalue weighted by Crippen LogP contribution is -2.22. The van der Waals surface area contributed by atoms with E-state index in [1.807, 2.05) is 25.1 Å². The van der Waals surface area contributed by atoms with Crippen LogP contribution in [0.3, 0.4) is 0 Å². The zero-order chi connectivity index (χ0) is 22.5. The monoisotopic (exact) mass is 452 g/mol. The second-order valence-electron chi connectivity index (χ2n) is 9.21. The molecule has 0 spiro atoms. The highest BCUT2D eigenvalue weighted by Gasteiger charge is 2.28.